The van der Waals surface area contributed by atoms with Gasteiger partial charge in [-0.2, -0.15) is 0 Å². The highest BCUT2D eigenvalue weighted by Crippen LogP contribution is 2.24. The third kappa shape index (κ3) is 2.92. The molecule has 0 radical (unpaired) electrons. The van der Waals surface area contributed by atoms with Crippen LogP contribution in [0.15, 0.2) is 0 Å². The average Bonchev–Trinajstić information content (AvgIpc) is 2.73. The minimum absolute atomic E-state index is 0.138. The molecular formula is C10H13NO8. The minimum Gasteiger partial charge on any atom is -0.469 e. The van der Waals surface area contributed by atoms with Crippen molar-refractivity contribution in [2.75, 3.05) is 21.3 Å². The van der Waals surface area contributed by atoms with Gasteiger partial charge in [0.2, 0.25) is 0 Å². The smallest absolute Gasteiger partial charge is 0.405 e. The third-order valence-electron chi connectivity index (χ3n) is 2.56. The molecule has 106 valence electrons. The summed E-state index contributed by atoms with van der Waals surface area (Å²) in [5.41, 5.74) is -0.483. The van der Waals surface area contributed by atoms with E-state index in [1.54, 1.807) is 0 Å². The normalized spacial score (nSPS) is 21.6. The Labute approximate surface area is 108 Å². The molecule has 9 heteroatoms. The molecule has 0 N–H and O–H groups in total. The number of hydrogen-bond donors (Lipinski definition) is 0. The highest BCUT2D eigenvalue weighted by Gasteiger charge is 2.50. The zero-order chi connectivity index (χ0) is 14.6. The second-order valence-electron chi connectivity index (χ2n) is 3.57. The zero-order valence-corrected chi connectivity index (χ0v) is 10.6. The first kappa shape index (κ1) is 14.7. The number of carbonyl (C=O) groups excluding carboxylic acids is 3. The maximum absolute atomic E-state index is 11.5. The summed E-state index contributed by atoms with van der Waals surface area (Å²) in [6, 6.07) is 0. The van der Waals surface area contributed by atoms with Gasteiger partial charge in [-0.25, -0.2) is 4.79 Å². The van der Waals surface area contributed by atoms with Gasteiger partial charge in [0, 0.05) is 0 Å². The van der Waals surface area contributed by atoms with E-state index in [1.807, 2.05) is 0 Å². The zero-order valence-electron chi connectivity index (χ0n) is 10.6. The molecule has 0 fully saturated rings. The molecule has 9 nitrogen and oxygen atoms in total. The van der Waals surface area contributed by atoms with Crippen molar-refractivity contribution < 1.29 is 38.3 Å². The van der Waals surface area contributed by atoms with Crippen molar-refractivity contribution >= 4 is 23.6 Å². The Morgan fingerprint density at radius 3 is 2.32 bits per heavy atom. The molecule has 0 unspecified atom stereocenters. The number of methoxy groups -OCH3 is 3. The van der Waals surface area contributed by atoms with Gasteiger partial charge >= 0.3 is 23.6 Å². The fraction of sp³-hybridized carbons (Fsp3) is 0.600. The lowest BCUT2D eigenvalue weighted by molar-refractivity contribution is -0.737. The quantitative estimate of drug-likeness (QED) is 0.356. The first-order valence-electron chi connectivity index (χ1n) is 5.20. The first-order chi connectivity index (χ1) is 8.96. The highest BCUT2D eigenvalue weighted by molar-refractivity contribution is 6.36. The van der Waals surface area contributed by atoms with Crippen LogP contribution in [-0.2, 0) is 33.4 Å². The third-order valence-corrected chi connectivity index (χ3v) is 2.56. The van der Waals surface area contributed by atoms with E-state index in [0.29, 0.717) is 0 Å². The van der Waals surface area contributed by atoms with Gasteiger partial charge in [-0.05, 0) is 0 Å². The van der Waals surface area contributed by atoms with Crippen LogP contribution in [0.5, 0.6) is 0 Å². The lowest BCUT2D eigenvalue weighted by atomic mass is 9.93. The van der Waals surface area contributed by atoms with Crippen molar-refractivity contribution in [1.82, 2.24) is 0 Å². The van der Waals surface area contributed by atoms with E-state index in [0.717, 1.165) is 21.3 Å². The number of hydrogen-bond acceptors (Lipinski definition) is 8. The maximum Gasteiger partial charge on any atom is 0.405 e. The van der Waals surface area contributed by atoms with E-state index in [-0.39, 0.29) is 11.3 Å². The fourth-order valence-electron chi connectivity index (χ4n) is 1.63. The van der Waals surface area contributed by atoms with Crippen molar-refractivity contribution in [2.24, 2.45) is 5.92 Å². The van der Waals surface area contributed by atoms with Crippen LogP contribution in [0.3, 0.4) is 0 Å². The molecule has 0 aromatic carbocycles. The summed E-state index contributed by atoms with van der Waals surface area (Å²) in [7, 11) is 3.29. The number of nitrogens with zero attached hydrogens (tertiary/aromatic N) is 1. The summed E-state index contributed by atoms with van der Waals surface area (Å²) in [4.78, 5) is 38.7. The van der Waals surface area contributed by atoms with Crippen molar-refractivity contribution in [3.05, 3.63) is 5.21 Å². The molecule has 19 heavy (non-hydrogen) atoms. The molecule has 1 aliphatic heterocycles. The van der Waals surface area contributed by atoms with Crippen molar-refractivity contribution in [1.29, 1.82) is 0 Å². The summed E-state index contributed by atoms with van der Waals surface area (Å²) < 4.78 is 13.3. The van der Waals surface area contributed by atoms with Crippen LogP contribution in [0, 0.1) is 11.1 Å². The summed E-state index contributed by atoms with van der Waals surface area (Å²) in [5, 5.41) is 11.5. The molecule has 1 aliphatic rings. The summed E-state index contributed by atoms with van der Waals surface area (Å²) in [5.74, 6) is -3.70. The Bertz CT molecular complexity index is 429. The Hall–Kier alpha value is -2.32. The van der Waals surface area contributed by atoms with Gasteiger partial charge in [0.05, 0.1) is 38.6 Å². The minimum atomic E-state index is -1.39. The molecular weight excluding hydrogens is 262 g/mol. The van der Waals surface area contributed by atoms with E-state index < -0.39 is 35.6 Å². The number of esters is 3. The number of carbonyl (C=O) groups is 3. The van der Waals surface area contributed by atoms with Crippen LogP contribution >= 0.6 is 0 Å². The maximum atomic E-state index is 11.5. The van der Waals surface area contributed by atoms with Crippen LogP contribution in [-0.4, -0.2) is 56.0 Å². The molecule has 0 aromatic heterocycles. The van der Waals surface area contributed by atoms with Crippen LogP contribution in [0.2, 0.25) is 0 Å². The van der Waals surface area contributed by atoms with Gasteiger partial charge in [0.25, 0.3) is 0 Å². The molecule has 0 spiro atoms. The van der Waals surface area contributed by atoms with Gasteiger partial charge in [-0.3, -0.25) is 14.8 Å². The van der Waals surface area contributed by atoms with Gasteiger partial charge in [0.15, 0.2) is 6.10 Å². The Morgan fingerprint density at radius 2 is 1.84 bits per heavy atom. The van der Waals surface area contributed by atoms with Gasteiger partial charge in [0.1, 0.15) is 0 Å². The lowest BCUT2D eigenvalue weighted by Crippen LogP contribution is -2.37. The molecule has 1 rings (SSSR count). The molecule has 0 aromatic rings. The number of rotatable bonds is 4. The van der Waals surface area contributed by atoms with Gasteiger partial charge in [-0.1, -0.05) is 0 Å². The molecule has 0 aliphatic carbocycles. The Kier molecular flexibility index (Phi) is 4.67. The predicted octanol–water partition coefficient (Wildman–Crippen LogP) is -1.22. The second kappa shape index (κ2) is 6.03. The highest BCUT2D eigenvalue weighted by atomic mass is 16.9. The van der Waals surface area contributed by atoms with E-state index in [1.165, 1.54) is 0 Å². The van der Waals surface area contributed by atoms with Crippen LogP contribution in [0.25, 0.3) is 0 Å². The summed E-state index contributed by atoms with van der Waals surface area (Å²) in [6.45, 7) is 0. The standard InChI is InChI=1S/C10H13NO8/c1-16-6(12)4-5-7(9(13)17-2)11(15)19-8(5)10(14)18-3/h5,8H,4H2,1-3H3/t5-,8-/m0/s1. The van der Waals surface area contributed by atoms with E-state index >= 15 is 0 Å². The average molecular weight is 275 g/mol. The summed E-state index contributed by atoms with van der Waals surface area (Å²) >= 11 is 0. The predicted molar refractivity (Wildman–Crippen MR) is 57.7 cm³/mol. The first-order valence-corrected chi connectivity index (χ1v) is 5.20. The monoisotopic (exact) mass is 275 g/mol. The SMILES string of the molecule is COC(=O)C[C@H]1C(C(=O)OC)=[N+]([O-])O[C@@H]1C(=O)OC. The largest absolute Gasteiger partial charge is 0.469 e. The lowest BCUT2D eigenvalue weighted by Gasteiger charge is -2.14. The van der Waals surface area contributed by atoms with Crippen molar-refractivity contribution in [2.45, 2.75) is 12.5 Å². The van der Waals surface area contributed by atoms with Crippen molar-refractivity contribution in [3.8, 4) is 0 Å². The van der Waals surface area contributed by atoms with Crippen LogP contribution in [0.1, 0.15) is 6.42 Å². The Balaban J connectivity index is 3.05. The Morgan fingerprint density at radius 1 is 1.21 bits per heavy atom. The molecule has 2 atom stereocenters. The fourth-order valence-corrected chi connectivity index (χ4v) is 1.63. The molecule has 0 saturated carbocycles. The van der Waals surface area contributed by atoms with Crippen LogP contribution in [0.4, 0.5) is 0 Å². The van der Waals surface area contributed by atoms with Crippen molar-refractivity contribution in [3.63, 3.8) is 0 Å². The number of ether oxygens (including phenoxy) is 3. The van der Waals surface area contributed by atoms with E-state index in [9.17, 15) is 19.6 Å². The molecule has 0 saturated heterocycles. The summed E-state index contributed by atoms with van der Waals surface area (Å²) in [6.07, 6.45) is -1.78. The van der Waals surface area contributed by atoms with Crippen LogP contribution < -0.4 is 0 Å². The molecule has 0 bridgehead atoms. The van der Waals surface area contributed by atoms with Gasteiger partial charge in [-0.15, -0.1) is 0 Å². The van der Waals surface area contributed by atoms with Gasteiger partial charge < -0.3 is 19.0 Å². The second-order valence-corrected chi connectivity index (χ2v) is 3.57. The van der Waals surface area contributed by atoms with E-state index in [2.05, 4.69) is 19.0 Å². The topological polar surface area (TPSA) is 114 Å². The van der Waals surface area contributed by atoms with E-state index in [4.69, 9.17) is 0 Å². The molecule has 0 amide bonds. The molecule has 1 heterocycles.